The molecule has 0 amide bonds. The van der Waals surface area contributed by atoms with Crippen molar-refractivity contribution in [1.29, 1.82) is 0 Å². The third kappa shape index (κ3) is 6.90. The summed E-state index contributed by atoms with van der Waals surface area (Å²) in [5, 5.41) is 12.6. The molecule has 0 aliphatic heterocycles. The summed E-state index contributed by atoms with van der Waals surface area (Å²) < 4.78 is 36.2. The number of rotatable bonds is 4. The molecule has 0 saturated carbocycles. The third-order valence-corrected chi connectivity index (χ3v) is 3.14. The van der Waals surface area contributed by atoms with Crippen LogP contribution in [0.15, 0.2) is 28.0 Å². The first kappa shape index (κ1) is 20.7. The van der Waals surface area contributed by atoms with Gasteiger partial charge in [0, 0.05) is 4.90 Å². The van der Waals surface area contributed by atoms with Gasteiger partial charge in [0.2, 0.25) is 0 Å². The molecule has 0 radical (unpaired) electrons. The van der Waals surface area contributed by atoms with Gasteiger partial charge >= 0.3 is 59.1 Å². The van der Waals surface area contributed by atoms with Gasteiger partial charge in [-0.1, -0.05) is 0 Å². The molecular formula is C7H6Na2O6S2. The summed E-state index contributed by atoms with van der Waals surface area (Å²) in [6.07, 6.45) is 0. The number of aryl methyl sites for hydroxylation is 1. The van der Waals surface area contributed by atoms with Crippen LogP contribution >= 0.6 is 12.0 Å². The molecule has 17 heavy (non-hydrogen) atoms. The molecule has 0 N–H and O–H groups in total. The van der Waals surface area contributed by atoms with E-state index in [9.17, 15) is 18.2 Å². The fraction of sp³-hybridized carbons (Fsp3) is 0.143. The van der Waals surface area contributed by atoms with Crippen LogP contribution in [0.3, 0.4) is 0 Å². The van der Waals surface area contributed by atoms with Crippen molar-refractivity contribution in [2.24, 2.45) is 0 Å². The Morgan fingerprint density at radius 2 is 1.88 bits per heavy atom. The molecule has 0 aromatic heterocycles. The molecule has 0 bridgehead atoms. The summed E-state index contributed by atoms with van der Waals surface area (Å²) in [6.45, 7) is 1.47. The Kier molecular flexibility index (Phi) is 11.3. The maximum absolute atomic E-state index is 10.7. The minimum atomic E-state index is -4.46. The molecule has 0 fully saturated rings. The van der Waals surface area contributed by atoms with Crippen molar-refractivity contribution >= 4 is 22.2 Å². The summed E-state index contributed by atoms with van der Waals surface area (Å²) in [6, 6.07) is 3.88. The minimum Gasteiger partial charge on any atom is -0.744 e. The Morgan fingerprint density at radius 1 is 1.29 bits per heavy atom. The average Bonchev–Trinajstić information content (AvgIpc) is 2.12. The van der Waals surface area contributed by atoms with Gasteiger partial charge in [0.15, 0.2) is 0 Å². The van der Waals surface area contributed by atoms with E-state index in [1.165, 1.54) is 19.1 Å². The van der Waals surface area contributed by atoms with E-state index >= 15 is 0 Å². The molecule has 0 spiro atoms. The predicted molar refractivity (Wildman–Crippen MR) is 47.2 cm³/mol. The molecule has 0 aliphatic carbocycles. The van der Waals surface area contributed by atoms with Gasteiger partial charge in [-0.15, -0.1) is 0 Å². The number of benzene rings is 1. The zero-order chi connectivity index (χ0) is 11.5. The smallest absolute Gasteiger partial charge is 0.744 e. The van der Waals surface area contributed by atoms with Gasteiger partial charge in [0.1, 0.15) is 10.1 Å². The van der Waals surface area contributed by atoms with E-state index in [-0.39, 0.29) is 69.6 Å². The summed E-state index contributed by atoms with van der Waals surface area (Å²) in [5.74, 6) is 0. The Bertz CT molecular complexity index is 450. The Morgan fingerprint density at radius 3 is 2.29 bits per heavy atom. The molecule has 0 heterocycles. The largest absolute Gasteiger partial charge is 1.00 e. The van der Waals surface area contributed by atoms with Gasteiger partial charge in [-0.2, -0.15) is 4.33 Å². The van der Waals surface area contributed by atoms with E-state index < -0.39 is 10.1 Å². The number of hydrogen-bond donors (Lipinski definition) is 0. The fourth-order valence-electron chi connectivity index (χ4n) is 1.01. The van der Waals surface area contributed by atoms with E-state index in [4.69, 9.17) is 0 Å². The fourth-order valence-corrected chi connectivity index (χ4v) is 2.15. The predicted octanol–water partition coefficient (Wildman–Crippen LogP) is -5.86. The second-order valence-corrected chi connectivity index (χ2v) is 4.72. The molecule has 0 saturated heterocycles. The van der Waals surface area contributed by atoms with Crippen LogP contribution in [0.5, 0.6) is 0 Å². The molecule has 84 valence electrons. The quantitative estimate of drug-likeness (QED) is 0.179. The molecule has 1 rings (SSSR count). The van der Waals surface area contributed by atoms with Crippen LogP contribution in [-0.4, -0.2) is 13.0 Å². The third-order valence-electron chi connectivity index (χ3n) is 1.57. The van der Waals surface area contributed by atoms with Crippen molar-refractivity contribution < 1.29 is 86.7 Å². The Labute approximate surface area is 147 Å². The first-order valence-electron chi connectivity index (χ1n) is 3.65. The van der Waals surface area contributed by atoms with Crippen molar-refractivity contribution in [3.8, 4) is 0 Å². The van der Waals surface area contributed by atoms with Crippen molar-refractivity contribution in [3.05, 3.63) is 23.8 Å². The van der Waals surface area contributed by atoms with Gasteiger partial charge in [-0.05, 0) is 30.7 Å². The van der Waals surface area contributed by atoms with Crippen LogP contribution in [0.1, 0.15) is 5.56 Å². The normalized spacial score (nSPS) is 10.3. The van der Waals surface area contributed by atoms with Crippen LogP contribution in [0.4, 0.5) is 0 Å². The van der Waals surface area contributed by atoms with Crippen LogP contribution in [-0.2, 0) is 19.5 Å². The molecule has 1 aromatic rings. The van der Waals surface area contributed by atoms with Gasteiger partial charge in [-0.3, -0.25) is 5.04 Å². The van der Waals surface area contributed by atoms with E-state index in [1.807, 2.05) is 0 Å². The summed E-state index contributed by atoms with van der Waals surface area (Å²) in [7, 11) is -4.46. The molecule has 0 atom stereocenters. The maximum atomic E-state index is 10.7. The standard InChI is InChI=1S/C7H8O6S2.2Na/c1-5-4-6(14-13-12-8)2-3-7(5)15(9,10)11;;/h2-4,8H,1H3,(H,9,10,11);;/q;2*+1/p-2. The van der Waals surface area contributed by atoms with E-state index in [1.54, 1.807) is 0 Å². The molecule has 0 unspecified atom stereocenters. The van der Waals surface area contributed by atoms with E-state index in [0.717, 1.165) is 6.07 Å². The van der Waals surface area contributed by atoms with Crippen LogP contribution < -0.4 is 64.4 Å². The van der Waals surface area contributed by atoms with E-state index in [2.05, 4.69) is 9.37 Å². The zero-order valence-electron chi connectivity index (χ0n) is 9.50. The topological polar surface area (TPSA) is 98.7 Å². The SMILES string of the molecule is Cc1cc(SOO[O-])ccc1S(=O)(=O)[O-].[Na+].[Na+]. The van der Waals surface area contributed by atoms with Crippen molar-refractivity contribution in [3.63, 3.8) is 0 Å². The van der Waals surface area contributed by atoms with Gasteiger partial charge in [-0.25, -0.2) is 8.42 Å². The molecule has 1 aromatic carbocycles. The second kappa shape index (κ2) is 9.29. The second-order valence-electron chi connectivity index (χ2n) is 2.60. The van der Waals surface area contributed by atoms with E-state index in [0.29, 0.717) is 16.9 Å². The van der Waals surface area contributed by atoms with Crippen LogP contribution in [0, 0.1) is 6.92 Å². The first-order chi connectivity index (χ1) is 6.95. The molecular weight excluding hydrogens is 290 g/mol. The summed E-state index contributed by atoms with van der Waals surface area (Å²) in [4.78, 5) is 0.158. The number of hydrogen-bond acceptors (Lipinski definition) is 7. The van der Waals surface area contributed by atoms with Gasteiger partial charge < -0.3 is 9.81 Å². The molecule has 6 nitrogen and oxygen atoms in total. The van der Waals surface area contributed by atoms with Crippen molar-refractivity contribution in [1.82, 2.24) is 0 Å². The van der Waals surface area contributed by atoms with Crippen LogP contribution in [0.2, 0.25) is 0 Å². The summed E-state index contributed by atoms with van der Waals surface area (Å²) in [5.41, 5.74) is 0.282. The Balaban J connectivity index is 0. The van der Waals surface area contributed by atoms with Gasteiger partial charge in [0.05, 0.1) is 16.9 Å². The zero-order valence-corrected chi connectivity index (χ0v) is 15.1. The minimum absolute atomic E-state index is 0. The summed E-state index contributed by atoms with van der Waals surface area (Å²) >= 11 is 0.622. The first-order valence-corrected chi connectivity index (χ1v) is 5.80. The van der Waals surface area contributed by atoms with Crippen LogP contribution in [0.25, 0.3) is 0 Å². The average molecular weight is 296 g/mol. The maximum Gasteiger partial charge on any atom is 1.00 e. The van der Waals surface area contributed by atoms with Crippen molar-refractivity contribution in [2.75, 3.05) is 0 Å². The van der Waals surface area contributed by atoms with Crippen molar-refractivity contribution in [2.45, 2.75) is 16.7 Å². The van der Waals surface area contributed by atoms with Gasteiger partial charge in [0.25, 0.3) is 0 Å². The molecule has 10 heteroatoms. The monoisotopic (exact) mass is 296 g/mol. The Hall–Kier alpha value is 1.36. The molecule has 0 aliphatic rings.